The van der Waals surface area contributed by atoms with Crippen molar-refractivity contribution in [2.75, 3.05) is 58.5 Å². The first kappa shape index (κ1) is 25.3. The molecule has 33 heavy (non-hydrogen) atoms. The average molecular weight is 506 g/mol. The Labute approximate surface area is 192 Å². The van der Waals surface area contributed by atoms with Gasteiger partial charge < -0.3 is 14.4 Å². The Kier molecular flexibility index (Phi) is 7.90. The summed E-state index contributed by atoms with van der Waals surface area (Å²) >= 11 is 0. The normalized spacial score (nSPS) is 15.6. The van der Waals surface area contributed by atoms with Crippen LogP contribution in [0, 0.1) is 11.6 Å². The van der Waals surface area contributed by atoms with Crippen molar-refractivity contribution in [3.8, 4) is 5.75 Å². The van der Waals surface area contributed by atoms with Crippen molar-refractivity contribution >= 4 is 25.7 Å². The van der Waals surface area contributed by atoms with E-state index in [2.05, 4.69) is 4.72 Å². The number of piperazine rings is 1. The minimum Gasteiger partial charge on any atom is -0.495 e. The van der Waals surface area contributed by atoms with Crippen LogP contribution in [0.5, 0.6) is 5.75 Å². The van der Waals surface area contributed by atoms with Crippen LogP contribution in [0.1, 0.15) is 0 Å². The lowest BCUT2D eigenvalue weighted by molar-refractivity contribution is 0.204. The Balaban J connectivity index is 1.81. The summed E-state index contributed by atoms with van der Waals surface area (Å²) in [4.78, 5) is 0.792. The maximum absolute atomic E-state index is 14.1. The Hall–Kier alpha value is -2.32. The van der Waals surface area contributed by atoms with Crippen LogP contribution in [0.15, 0.2) is 46.2 Å². The van der Waals surface area contributed by atoms with E-state index in [9.17, 15) is 25.6 Å². The lowest BCUT2D eigenvalue weighted by atomic mass is 10.2. The third-order valence-electron chi connectivity index (χ3n) is 5.16. The zero-order chi connectivity index (χ0) is 24.2. The van der Waals surface area contributed by atoms with E-state index < -0.39 is 36.6 Å². The summed E-state index contributed by atoms with van der Waals surface area (Å²) in [5.74, 6) is -1.90. The van der Waals surface area contributed by atoms with E-state index in [-0.39, 0.29) is 44.2 Å². The predicted molar refractivity (Wildman–Crippen MR) is 117 cm³/mol. The van der Waals surface area contributed by atoms with Crippen LogP contribution in [0.3, 0.4) is 0 Å². The second-order valence-electron chi connectivity index (χ2n) is 7.17. The van der Waals surface area contributed by atoms with E-state index in [0.717, 1.165) is 22.5 Å². The molecule has 1 fully saturated rings. The molecule has 1 saturated heterocycles. The molecule has 0 aliphatic carbocycles. The maximum atomic E-state index is 14.1. The third-order valence-corrected chi connectivity index (χ3v) is 8.56. The molecule has 9 nitrogen and oxygen atoms in total. The van der Waals surface area contributed by atoms with E-state index in [1.807, 2.05) is 0 Å². The Morgan fingerprint density at radius 3 is 2.18 bits per heavy atom. The summed E-state index contributed by atoms with van der Waals surface area (Å²) in [6.07, 6.45) is 0. The van der Waals surface area contributed by atoms with Crippen LogP contribution in [0.4, 0.5) is 14.5 Å². The lowest BCUT2D eigenvalue weighted by Gasteiger charge is -2.36. The molecule has 0 saturated carbocycles. The molecule has 0 bridgehead atoms. The molecule has 1 heterocycles. The van der Waals surface area contributed by atoms with Gasteiger partial charge in [0, 0.05) is 39.8 Å². The molecule has 2 aromatic rings. The highest BCUT2D eigenvalue weighted by molar-refractivity contribution is 7.89. The Bertz CT molecular complexity index is 1180. The highest BCUT2D eigenvalue weighted by Crippen LogP contribution is 2.32. The second kappa shape index (κ2) is 10.3. The molecular formula is C20H25F2N3O6S2. The Morgan fingerprint density at radius 2 is 1.61 bits per heavy atom. The van der Waals surface area contributed by atoms with Crippen LogP contribution >= 0.6 is 0 Å². The van der Waals surface area contributed by atoms with Crippen LogP contribution in [-0.2, 0) is 24.8 Å². The number of sulfonamides is 2. The number of benzene rings is 2. The molecule has 0 atom stereocenters. The molecule has 0 amide bonds. The second-order valence-corrected chi connectivity index (χ2v) is 10.8. The van der Waals surface area contributed by atoms with Gasteiger partial charge in [0.15, 0.2) is 4.90 Å². The molecule has 0 spiro atoms. The monoisotopic (exact) mass is 505 g/mol. The van der Waals surface area contributed by atoms with Crippen molar-refractivity contribution < 1.29 is 35.1 Å². The predicted octanol–water partition coefficient (Wildman–Crippen LogP) is 1.41. The SMILES string of the molecule is COCCNS(=O)(=O)c1ccc(OC)c(N2CCN(S(=O)(=O)c3c(F)cccc3F)CC2)c1. The van der Waals surface area contributed by atoms with Gasteiger partial charge in [-0.15, -0.1) is 0 Å². The fourth-order valence-corrected chi connectivity index (χ4v) is 6.04. The smallest absolute Gasteiger partial charge is 0.249 e. The molecule has 13 heteroatoms. The van der Waals surface area contributed by atoms with E-state index in [4.69, 9.17) is 9.47 Å². The maximum Gasteiger partial charge on any atom is 0.249 e. The lowest BCUT2D eigenvalue weighted by Crippen LogP contribution is -2.49. The van der Waals surface area contributed by atoms with Gasteiger partial charge in [0.25, 0.3) is 0 Å². The third kappa shape index (κ3) is 5.44. The number of methoxy groups -OCH3 is 2. The van der Waals surface area contributed by atoms with Gasteiger partial charge in [-0.25, -0.2) is 30.3 Å². The minimum absolute atomic E-state index is 0.0119. The molecule has 0 unspecified atom stereocenters. The summed E-state index contributed by atoms with van der Waals surface area (Å²) < 4.78 is 92.5. The molecule has 0 radical (unpaired) electrons. The largest absolute Gasteiger partial charge is 0.495 e. The van der Waals surface area contributed by atoms with Gasteiger partial charge in [-0.1, -0.05) is 6.07 Å². The number of ether oxygens (including phenoxy) is 2. The molecule has 0 aromatic heterocycles. The zero-order valence-corrected chi connectivity index (χ0v) is 19.8. The average Bonchev–Trinajstić information content (AvgIpc) is 2.78. The summed E-state index contributed by atoms with van der Waals surface area (Å²) in [5, 5.41) is 0. The molecule has 182 valence electrons. The van der Waals surface area contributed by atoms with E-state index in [1.165, 1.54) is 32.4 Å². The van der Waals surface area contributed by atoms with Crippen LogP contribution in [0.25, 0.3) is 0 Å². The summed E-state index contributed by atoms with van der Waals surface area (Å²) in [6.45, 7) is 0.522. The van der Waals surface area contributed by atoms with E-state index in [1.54, 1.807) is 4.90 Å². The zero-order valence-electron chi connectivity index (χ0n) is 18.1. The van der Waals surface area contributed by atoms with Crippen molar-refractivity contribution in [3.63, 3.8) is 0 Å². The summed E-state index contributed by atoms with van der Waals surface area (Å²) in [7, 11) is -5.29. The number of hydrogen-bond acceptors (Lipinski definition) is 7. The molecule has 1 N–H and O–H groups in total. The van der Waals surface area contributed by atoms with Gasteiger partial charge in [0.2, 0.25) is 20.0 Å². The molecule has 2 aromatic carbocycles. The first-order valence-electron chi connectivity index (χ1n) is 9.97. The van der Waals surface area contributed by atoms with Gasteiger partial charge in [0.1, 0.15) is 17.4 Å². The van der Waals surface area contributed by atoms with Gasteiger partial charge in [0.05, 0.1) is 24.3 Å². The highest BCUT2D eigenvalue weighted by atomic mass is 32.2. The first-order valence-corrected chi connectivity index (χ1v) is 12.9. The number of halogens is 2. The van der Waals surface area contributed by atoms with Crippen LogP contribution < -0.4 is 14.4 Å². The standard InChI is InChI=1S/C20H25F2N3O6S2/c1-30-13-8-23-32(26,27)15-6-7-19(31-2)18(14-15)24-9-11-25(12-10-24)33(28,29)20-16(21)4-3-5-17(20)22/h3-7,14,23H,8-13H2,1-2H3. The van der Waals surface area contributed by atoms with Crippen molar-refractivity contribution in [2.45, 2.75) is 9.79 Å². The summed E-state index contributed by atoms with van der Waals surface area (Å²) in [6, 6.07) is 7.23. The van der Waals surface area contributed by atoms with Gasteiger partial charge in [-0.3, -0.25) is 0 Å². The number of nitrogens with one attached hydrogen (secondary N) is 1. The van der Waals surface area contributed by atoms with Crippen molar-refractivity contribution in [2.24, 2.45) is 0 Å². The quantitative estimate of drug-likeness (QED) is 0.514. The van der Waals surface area contributed by atoms with Gasteiger partial charge >= 0.3 is 0 Å². The van der Waals surface area contributed by atoms with Crippen LogP contribution in [0.2, 0.25) is 0 Å². The van der Waals surface area contributed by atoms with Crippen molar-refractivity contribution in [1.82, 2.24) is 9.03 Å². The number of anilines is 1. The number of nitrogens with zero attached hydrogens (tertiary/aromatic N) is 2. The Morgan fingerprint density at radius 1 is 0.970 bits per heavy atom. The minimum atomic E-state index is -4.38. The van der Waals surface area contributed by atoms with Crippen molar-refractivity contribution in [1.29, 1.82) is 0 Å². The molecule has 3 rings (SSSR count). The number of rotatable bonds is 9. The van der Waals surface area contributed by atoms with Gasteiger partial charge in [-0.2, -0.15) is 4.31 Å². The van der Waals surface area contributed by atoms with Gasteiger partial charge in [-0.05, 0) is 30.3 Å². The fourth-order valence-electron chi connectivity index (χ4n) is 3.47. The molecule has 1 aliphatic heterocycles. The highest BCUT2D eigenvalue weighted by Gasteiger charge is 2.34. The topological polar surface area (TPSA) is 105 Å². The summed E-state index contributed by atoms with van der Waals surface area (Å²) in [5.41, 5.74) is 0.459. The van der Waals surface area contributed by atoms with E-state index in [0.29, 0.717) is 11.4 Å². The first-order chi connectivity index (χ1) is 15.6. The van der Waals surface area contributed by atoms with E-state index >= 15 is 0 Å². The molecule has 1 aliphatic rings. The fraction of sp³-hybridized carbons (Fsp3) is 0.400. The van der Waals surface area contributed by atoms with Crippen LogP contribution in [-0.4, -0.2) is 74.7 Å². The number of hydrogen-bond donors (Lipinski definition) is 1. The molecular weight excluding hydrogens is 480 g/mol. The van der Waals surface area contributed by atoms with Crippen molar-refractivity contribution in [3.05, 3.63) is 48.0 Å².